The molecule has 0 saturated heterocycles. The van der Waals surface area contributed by atoms with Crippen molar-refractivity contribution in [3.63, 3.8) is 0 Å². The van der Waals surface area contributed by atoms with Gasteiger partial charge in [0.15, 0.2) is 5.82 Å². The first-order chi connectivity index (χ1) is 20.0. The number of benzene rings is 2. The van der Waals surface area contributed by atoms with Crippen molar-refractivity contribution in [2.24, 2.45) is 0 Å². The lowest BCUT2D eigenvalue weighted by atomic mass is 9.79. The number of amides is 3. The van der Waals surface area contributed by atoms with E-state index in [0.717, 1.165) is 5.56 Å². The maximum atomic E-state index is 14.8. The van der Waals surface area contributed by atoms with Crippen molar-refractivity contribution in [2.45, 2.75) is 31.7 Å². The van der Waals surface area contributed by atoms with Crippen LogP contribution in [0.2, 0.25) is 5.02 Å². The lowest BCUT2D eigenvalue weighted by Gasteiger charge is -2.27. The number of halogens is 2. The Hall–Kier alpha value is -4.73. The van der Waals surface area contributed by atoms with Gasteiger partial charge in [-0.15, -0.1) is 6.42 Å². The molecule has 1 aliphatic heterocycles. The number of ether oxygens (including phenoxy) is 1. The Bertz CT molecular complexity index is 1570. The molecule has 2 aromatic carbocycles. The molecule has 0 fully saturated rings. The lowest BCUT2D eigenvalue weighted by molar-refractivity contribution is -0.129. The van der Waals surface area contributed by atoms with E-state index in [1.807, 2.05) is 19.9 Å². The monoisotopic (exact) mass is 593 g/mol. The zero-order chi connectivity index (χ0) is 30.4. The molecule has 0 aliphatic carbocycles. The summed E-state index contributed by atoms with van der Waals surface area (Å²) in [6.45, 7) is 3.79. The lowest BCUT2D eigenvalue weighted by Crippen LogP contribution is -2.46. The van der Waals surface area contributed by atoms with Gasteiger partial charge in [0.1, 0.15) is 23.5 Å². The molecule has 3 aromatic rings. The standard InChI is InChI=1S/C29H29ClFN7O4/c1-5-11-32-26(40)17-7-6-8-20(31)24(17)37-25-19(30)14-33-28(38-25)34-16-9-10-18-21(12-16)36-27(41)22(13-29(18,2)3)35-23(39)15-42-4/h1,6-10,12,14,22H,11,13,15H2,2-4H3,(H,32,40)(H,35,39)(H,36,41)(H2,33,34,37,38). The first kappa shape index (κ1) is 30.2. The second-order valence-electron chi connectivity index (χ2n) is 10.1. The predicted octanol–water partition coefficient (Wildman–Crippen LogP) is 3.87. The van der Waals surface area contributed by atoms with Crippen LogP contribution in [0.25, 0.3) is 0 Å². The van der Waals surface area contributed by atoms with Gasteiger partial charge in [-0.05, 0) is 41.7 Å². The van der Waals surface area contributed by atoms with E-state index in [1.165, 1.54) is 31.5 Å². The summed E-state index contributed by atoms with van der Waals surface area (Å²) in [7, 11) is 1.41. The number of rotatable bonds is 9. The fourth-order valence-electron chi connectivity index (χ4n) is 4.56. The van der Waals surface area contributed by atoms with E-state index in [0.29, 0.717) is 17.8 Å². The molecule has 13 heteroatoms. The summed E-state index contributed by atoms with van der Waals surface area (Å²) in [5, 5.41) is 14.0. The number of hydrogen-bond acceptors (Lipinski definition) is 8. The molecule has 0 radical (unpaired) electrons. The van der Waals surface area contributed by atoms with Gasteiger partial charge in [0.25, 0.3) is 5.91 Å². The highest BCUT2D eigenvalue weighted by molar-refractivity contribution is 6.33. The summed E-state index contributed by atoms with van der Waals surface area (Å²) in [5.41, 5.74) is 1.38. The maximum absolute atomic E-state index is 14.8. The van der Waals surface area contributed by atoms with Crippen molar-refractivity contribution < 1.29 is 23.5 Å². The molecule has 3 amide bonds. The van der Waals surface area contributed by atoms with Crippen LogP contribution in [-0.2, 0) is 19.7 Å². The smallest absolute Gasteiger partial charge is 0.254 e. The summed E-state index contributed by atoms with van der Waals surface area (Å²) in [4.78, 5) is 46.2. The van der Waals surface area contributed by atoms with Crippen LogP contribution in [-0.4, -0.2) is 54.0 Å². The van der Waals surface area contributed by atoms with Crippen LogP contribution in [0.3, 0.4) is 0 Å². The van der Waals surface area contributed by atoms with E-state index >= 15 is 0 Å². The number of aromatic nitrogens is 2. The molecule has 218 valence electrons. The molecular formula is C29H29ClFN7O4. The quantitative estimate of drug-likeness (QED) is 0.235. The Labute approximate surface area is 247 Å². The molecule has 1 unspecified atom stereocenters. The van der Waals surface area contributed by atoms with Gasteiger partial charge < -0.3 is 31.3 Å². The third-order valence-corrected chi connectivity index (χ3v) is 6.78. The number of para-hydroxylation sites is 1. The molecule has 0 spiro atoms. The zero-order valence-corrected chi connectivity index (χ0v) is 23.9. The van der Waals surface area contributed by atoms with Crippen LogP contribution in [0.4, 0.5) is 33.2 Å². The highest BCUT2D eigenvalue weighted by atomic mass is 35.5. The molecule has 1 aromatic heterocycles. The highest BCUT2D eigenvalue weighted by Crippen LogP contribution is 2.38. The van der Waals surface area contributed by atoms with E-state index in [4.69, 9.17) is 22.8 Å². The third-order valence-electron chi connectivity index (χ3n) is 6.50. The van der Waals surface area contributed by atoms with Crippen LogP contribution in [0.1, 0.15) is 36.2 Å². The zero-order valence-electron chi connectivity index (χ0n) is 23.1. The van der Waals surface area contributed by atoms with Crippen LogP contribution in [0, 0.1) is 18.2 Å². The topological polar surface area (TPSA) is 146 Å². The summed E-state index contributed by atoms with van der Waals surface area (Å²) in [5.74, 6) is 0.432. The van der Waals surface area contributed by atoms with Gasteiger partial charge in [-0.1, -0.05) is 43.5 Å². The van der Waals surface area contributed by atoms with Gasteiger partial charge >= 0.3 is 0 Å². The van der Waals surface area contributed by atoms with Gasteiger partial charge in [-0.25, -0.2) is 9.37 Å². The molecule has 4 rings (SSSR count). The van der Waals surface area contributed by atoms with Crippen LogP contribution in [0.5, 0.6) is 0 Å². The summed E-state index contributed by atoms with van der Waals surface area (Å²) < 4.78 is 19.6. The SMILES string of the molecule is C#CCNC(=O)c1cccc(F)c1Nc1nc(Nc2ccc3c(c2)NC(=O)C(NC(=O)COC)CC3(C)C)ncc1Cl. The molecule has 11 nitrogen and oxygen atoms in total. The summed E-state index contributed by atoms with van der Waals surface area (Å²) in [6.07, 6.45) is 6.91. The number of carbonyl (C=O) groups excluding carboxylic acids is 3. The summed E-state index contributed by atoms with van der Waals surface area (Å²) in [6, 6.07) is 8.66. The minimum absolute atomic E-state index is 0.00950. The average Bonchev–Trinajstić information content (AvgIpc) is 3.02. The normalized spacial score (nSPS) is 15.3. The molecular weight excluding hydrogens is 565 g/mol. The van der Waals surface area contributed by atoms with E-state index in [2.05, 4.69) is 42.5 Å². The van der Waals surface area contributed by atoms with Crippen LogP contribution in [0.15, 0.2) is 42.6 Å². The minimum atomic E-state index is -0.753. The van der Waals surface area contributed by atoms with Crippen molar-refractivity contribution in [3.8, 4) is 12.3 Å². The largest absolute Gasteiger partial charge is 0.375 e. The number of fused-ring (bicyclic) bond motifs is 1. The van der Waals surface area contributed by atoms with Gasteiger partial charge in [0, 0.05) is 18.5 Å². The van der Waals surface area contributed by atoms with E-state index < -0.39 is 23.2 Å². The number of nitrogens with one attached hydrogen (secondary N) is 5. The second-order valence-corrected chi connectivity index (χ2v) is 10.5. The summed E-state index contributed by atoms with van der Waals surface area (Å²) >= 11 is 6.30. The Morgan fingerprint density at radius 3 is 2.79 bits per heavy atom. The highest BCUT2D eigenvalue weighted by Gasteiger charge is 2.36. The number of anilines is 5. The number of hydrogen-bond donors (Lipinski definition) is 5. The van der Waals surface area contributed by atoms with E-state index in [-0.39, 0.29) is 53.0 Å². The number of terminal acetylenes is 1. The second kappa shape index (κ2) is 12.8. The van der Waals surface area contributed by atoms with Gasteiger partial charge in [-0.3, -0.25) is 14.4 Å². The van der Waals surface area contributed by atoms with Crippen molar-refractivity contribution >= 4 is 58.2 Å². The van der Waals surface area contributed by atoms with E-state index in [9.17, 15) is 18.8 Å². The third kappa shape index (κ3) is 6.94. The van der Waals surface area contributed by atoms with Crippen molar-refractivity contribution in [2.75, 3.05) is 36.2 Å². The van der Waals surface area contributed by atoms with E-state index in [1.54, 1.807) is 12.1 Å². The van der Waals surface area contributed by atoms with Crippen molar-refractivity contribution in [1.29, 1.82) is 0 Å². The average molecular weight is 594 g/mol. The Morgan fingerprint density at radius 2 is 2.05 bits per heavy atom. The van der Waals surface area contributed by atoms with Crippen molar-refractivity contribution in [1.82, 2.24) is 20.6 Å². The molecule has 2 heterocycles. The fraction of sp³-hybridized carbons (Fsp3) is 0.276. The minimum Gasteiger partial charge on any atom is -0.375 e. The van der Waals surface area contributed by atoms with Gasteiger partial charge in [-0.2, -0.15) is 4.98 Å². The number of methoxy groups -OCH3 is 1. The van der Waals surface area contributed by atoms with Gasteiger partial charge in [0.2, 0.25) is 17.8 Å². The van der Waals surface area contributed by atoms with Gasteiger partial charge in [0.05, 0.1) is 24.0 Å². The van der Waals surface area contributed by atoms with Crippen LogP contribution < -0.4 is 26.6 Å². The first-order valence-corrected chi connectivity index (χ1v) is 13.2. The predicted molar refractivity (Wildman–Crippen MR) is 158 cm³/mol. The molecule has 1 aliphatic rings. The Morgan fingerprint density at radius 1 is 1.26 bits per heavy atom. The Balaban J connectivity index is 1.58. The number of nitrogens with zero attached hydrogens (tertiary/aromatic N) is 2. The molecule has 0 bridgehead atoms. The molecule has 1 atom stereocenters. The molecule has 0 saturated carbocycles. The fourth-order valence-corrected chi connectivity index (χ4v) is 4.70. The Kier molecular flexibility index (Phi) is 9.25. The van der Waals surface area contributed by atoms with Crippen LogP contribution >= 0.6 is 11.6 Å². The van der Waals surface area contributed by atoms with Crippen molar-refractivity contribution in [3.05, 3.63) is 64.6 Å². The maximum Gasteiger partial charge on any atom is 0.254 e. The number of carbonyl (C=O) groups is 3. The first-order valence-electron chi connectivity index (χ1n) is 12.8. The molecule has 5 N–H and O–H groups in total. The molecule has 42 heavy (non-hydrogen) atoms.